The van der Waals surface area contributed by atoms with Crippen LogP contribution in [0.3, 0.4) is 0 Å². The van der Waals surface area contributed by atoms with Crippen LogP contribution in [0.1, 0.15) is 22.9 Å². The van der Waals surface area contributed by atoms with Crippen LogP contribution in [-0.2, 0) is 17.5 Å². The zero-order valence-corrected chi connectivity index (χ0v) is 14.6. The smallest absolute Gasteiger partial charge is 0.428 e. The molecule has 2 aromatic carbocycles. The summed E-state index contributed by atoms with van der Waals surface area (Å²) >= 11 is 5.91. The number of ether oxygens (including phenoxy) is 2. The Bertz CT molecular complexity index is 862. The van der Waals surface area contributed by atoms with Crippen molar-refractivity contribution >= 4 is 17.7 Å². The average molecular weight is 405 g/mol. The molecule has 1 aliphatic rings. The lowest BCUT2D eigenvalue weighted by atomic mass is 10.1. The highest BCUT2D eigenvalue weighted by Gasteiger charge is 2.43. The van der Waals surface area contributed by atoms with Crippen molar-refractivity contribution in [3.8, 4) is 5.75 Å². The maximum Gasteiger partial charge on any atom is 0.428 e. The molecular formula is C17H13ClF4N2O3. The van der Waals surface area contributed by atoms with E-state index in [0.29, 0.717) is 21.3 Å². The molecule has 0 bridgehead atoms. The maximum atomic E-state index is 14.7. The van der Waals surface area contributed by atoms with Crippen LogP contribution in [0.25, 0.3) is 0 Å². The second kappa shape index (κ2) is 7.24. The van der Waals surface area contributed by atoms with Gasteiger partial charge in [-0.15, -0.1) is 4.48 Å². The van der Waals surface area contributed by atoms with Crippen LogP contribution in [0.4, 0.5) is 22.4 Å². The van der Waals surface area contributed by atoms with Gasteiger partial charge in [0.15, 0.2) is 0 Å². The summed E-state index contributed by atoms with van der Waals surface area (Å²) in [6.45, 7) is -0.283. The molecule has 0 N–H and O–H groups in total. The predicted octanol–water partition coefficient (Wildman–Crippen LogP) is 5.12. The lowest BCUT2D eigenvalue weighted by Gasteiger charge is -2.21. The van der Waals surface area contributed by atoms with E-state index in [1.165, 1.54) is 19.2 Å². The van der Waals surface area contributed by atoms with E-state index in [-0.39, 0.29) is 17.3 Å². The highest BCUT2D eigenvalue weighted by molar-refractivity contribution is 6.30. The highest BCUT2D eigenvalue weighted by Crippen LogP contribution is 2.37. The normalized spacial score (nSPS) is 17.9. The van der Waals surface area contributed by atoms with Gasteiger partial charge in [-0.25, -0.2) is 9.80 Å². The van der Waals surface area contributed by atoms with Crippen molar-refractivity contribution in [3.63, 3.8) is 0 Å². The molecule has 0 aromatic heterocycles. The Morgan fingerprint density at radius 3 is 2.63 bits per heavy atom. The van der Waals surface area contributed by atoms with Crippen molar-refractivity contribution in [2.45, 2.75) is 18.9 Å². The first-order chi connectivity index (χ1) is 12.7. The molecule has 1 aliphatic heterocycles. The fourth-order valence-electron chi connectivity index (χ4n) is 2.63. The molecule has 5 nitrogen and oxygen atoms in total. The fourth-order valence-corrected chi connectivity index (χ4v) is 2.82. The molecule has 27 heavy (non-hydrogen) atoms. The Morgan fingerprint density at radius 2 is 1.96 bits per heavy atom. The number of alkyl halides is 3. The first kappa shape index (κ1) is 19.2. The topological polar surface area (TPSA) is 42.0 Å². The number of amides is 1. The number of carbonyl (C=O) groups excluding carboxylic acids is 1. The number of hydrazine groups is 1. The minimum atomic E-state index is -4.60. The number of cyclic esters (lactones) is 1. The van der Waals surface area contributed by atoms with E-state index in [4.69, 9.17) is 21.1 Å². The van der Waals surface area contributed by atoms with Gasteiger partial charge < -0.3 is 9.47 Å². The van der Waals surface area contributed by atoms with Crippen molar-refractivity contribution in [1.29, 1.82) is 0 Å². The molecule has 1 amide bonds. The largest absolute Gasteiger partial charge is 0.496 e. The number of rotatable bonds is 4. The molecule has 0 spiro atoms. The molecule has 0 saturated carbocycles. The molecule has 1 fully saturated rings. The van der Waals surface area contributed by atoms with E-state index in [2.05, 4.69) is 0 Å². The van der Waals surface area contributed by atoms with Crippen LogP contribution in [-0.4, -0.2) is 23.4 Å². The standard InChI is InChI=1S/C17H13ClF4N2O3/c1-26-14-6-5-13(18)8-11(14)9-23-16(25)27-15(24(23)22)10-3-2-4-12(7-10)17(19,20)21/h2-8,15H,9H2,1H3. The summed E-state index contributed by atoms with van der Waals surface area (Å²) in [7, 11) is 1.40. The monoisotopic (exact) mass is 404 g/mol. The van der Waals surface area contributed by atoms with Gasteiger partial charge in [0.2, 0.25) is 6.23 Å². The number of methoxy groups -OCH3 is 1. The SMILES string of the molecule is COc1ccc(Cl)cc1CN1C(=O)OC(c2cccc(C(F)(F)F)c2)N1F. The van der Waals surface area contributed by atoms with Crippen LogP contribution >= 0.6 is 11.6 Å². The molecule has 3 rings (SSSR count). The van der Waals surface area contributed by atoms with E-state index in [1.54, 1.807) is 12.1 Å². The molecule has 2 aromatic rings. The van der Waals surface area contributed by atoms with Gasteiger partial charge in [-0.2, -0.15) is 13.2 Å². The third-order valence-corrected chi connectivity index (χ3v) is 4.14. The second-order valence-electron chi connectivity index (χ2n) is 5.66. The van der Waals surface area contributed by atoms with Gasteiger partial charge in [-0.05, 0) is 35.6 Å². The second-order valence-corrected chi connectivity index (χ2v) is 6.10. The Balaban J connectivity index is 1.86. The van der Waals surface area contributed by atoms with Gasteiger partial charge in [0.05, 0.1) is 19.2 Å². The van der Waals surface area contributed by atoms with Crippen molar-refractivity contribution in [2.75, 3.05) is 7.11 Å². The van der Waals surface area contributed by atoms with Crippen LogP contribution < -0.4 is 4.74 Å². The summed E-state index contributed by atoms with van der Waals surface area (Å²) in [5, 5.41) is 0.898. The molecule has 1 unspecified atom stereocenters. The minimum absolute atomic E-state index is 0.0574. The minimum Gasteiger partial charge on any atom is -0.496 e. The van der Waals surface area contributed by atoms with Crippen molar-refractivity contribution in [3.05, 3.63) is 64.2 Å². The molecule has 1 saturated heterocycles. The van der Waals surface area contributed by atoms with E-state index in [0.717, 1.165) is 18.2 Å². The van der Waals surface area contributed by atoms with E-state index in [1.807, 2.05) is 0 Å². The lowest BCUT2D eigenvalue weighted by Crippen LogP contribution is -2.33. The van der Waals surface area contributed by atoms with Gasteiger partial charge in [0, 0.05) is 16.1 Å². The van der Waals surface area contributed by atoms with Crippen LogP contribution in [0.5, 0.6) is 5.75 Å². The molecule has 10 heteroatoms. The van der Waals surface area contributed by atoms with E-state index < -0.39 is 24.1 Å². The zero-order chi connectivity index (χ0) is 19.8. The van der Waals surface area contributed by atoms with Gasteiger partial charge >= 0.3 is 12.3 Å². The van der Waals surface area contributed by atoms with Crippen molar-refractivity contribution < 1.29 is 31.9 Å². The van der Waals surface area contributed by atoms with Gasteiger partial charge in [0.1, 0.15) is 5.75 Å². The summed E-state index contributed by atoms with van der Waals surface area (Å²) in [6.07, 6.45) is -7.29. The number of carbonyl (C=O) groups is 1. The lowest BCUT2D eigenvalue weighted by molar-refractivity contribution is -0.177. The molecule has 0 radical (unpaired) electrons. The van der Waals surface area contributed by atoms with Gasteiger partial charge in [-0.3, -0.25) is 0 Å². The van der Waals surface area contributed by atoms with Crippen LogP contribution in [0, 0.1) is 0 Å². The quantitative estimate of drug-likeness (QED) is 0.524. The predicted molar refractivity (Wildman–Crippen MR) is 87.2 cm³/mol. The summed E-state index contributed by atoms with van der Waals surface area (Å²) < 4.78 is 63.3. The Labute approximate surface area is 156 Å². The first-order valence-electron chi connectivity index (χ1n) is 7.63. The first-order valence-corrected chi connectivity index (χ1v) is 8.01. The Kier molecular flexibility index (Phi) is 5.16. The summed E-state index contributed by atoms with van der Waals surface area (Å²) in [5.74, 6) is 0.364. The molecule has 1 heterocycles. The van der Waals surface area contributed by atoms with Gasteiger partial charge in [0.25, 0.3) is 0 Å². The summed E-state index contributed by atoms with van der Waals surface area (Å²) in [5.41, 5.74) is -0.727. The highest BCUT2D eigenvalue weighted by atomic mass is 35.5. The number of nitrogens with zero attached hydrogens (tertiary/aromatic N) is 2. The van der Waals surface area contributed by atoms with Crippen LogP contribution in [0.2, 0.25) is 5.02 Å². The van der Waals surface area contributed by atoms with E-state index in [9.17, 15) is 22.4 Å². The third kappa shape index (κ3) is 3.93. The van der Waals surface area contributed by atoms with E-state index >= 15 is 0 Å². The fraction of sp³-hybridized carbons (Fsp3) is 0.235. The van der Waals surface area contributed by atoms with Crippen molar-refractivity contribution in [1.82, 2.24) is 10.2 Å². The Morgan fingerprint density at radius 1 is 1.22 bits per heavy atom. The Hall–Kier alpha value is -2.52. The van der Waals surface area contributed by atoms with Crippen molar-refractivity contribution in [2.24, 2.45) is 0 Å². The maximum absolute atomic E-state index is 14.7. The zero-order valence-electron chi connectivity index (χ0n) is 13.8. The molecule has 0 aliphatic carbocycles. The number of hydrogen-bond acceptors (Lipinski definition) is 4. The summed E-state index contributed by atoms with van der Waals surface area (Å²) in [6, 6.07) is 8.52. The molecule has 1 atom stereocenters. The summed E-state index contributed by atoms with van der Waals surface area (Å²) in [4.78, 5) is 12.1. The average Bonchev–Trinajstić information content (AvgIpc) is 2.89. The number of hydrogen-bond donors (Lipinski definition) is 0. The number of halogens is 5. The third-order valence-electron chi connectivity index (χ3n) is 3.91. The molecule has 144 valence electrons. The number of benzene rings is 2. The van der Waals surface area contributed by atoms with Crippen LogP contribution in [0.15, 0.2) is 42.5 Å². The van der Waals surface area contributed by atoms with Gasteiger partial charge in [-0.1, -0.05) is 23.7 Å². The molecular weight excluding hydrogens is 392 g/mol.